The molecule has 0 bridgehead atoms. The number of carbonyl (C=O) groups excluding carboxylic acids is 1. The van der Waals surface area contributed by atoms with Crippen LogP contribution in [-0.4, -0.2) is 12.5 Å². The molecule has 4 nitrogen and oxygen atoms in total. The van der Waals surface area contributed by atoms with E-state index in [1.165, 1.54) is 0 Å². The zero-order valence-electron chi connectivity index (χ0n) is 11.4. The lowest BCUT2D eigenvalue weighted by Crippen LogP contribution is -2.28. The summed E-state index contributed by atoms with van der Waals surface area (Å²) in [6, 6.07) is 17.3. The second kappa shape index (κ2) is 6.13. The van der Waals surface area contributed by atoms with E-state index in [1.807, 2.05) is 48.5 Å². The highest BCUT2D eigenvalue weighted by atomic mass is 16.5. The summed E-state index contributed by atoms with van der Waals surface area (Å²) in [5.41, 5.74) is 0. The van der Waals surface area contributed by atoms with Gasteiger partial charge in [-0.05, 0) is 23.6 Å². The molecule has 0 unspecified atom stereocenters. The van der Waals surface area contributed by atoms with Gasteiger partial charge in [0.1, 0.15) is 11.5 Å². The van der Waals surface area contributed by atoms with E-state index in [2.05, 4.69) is 5.32 Å². The predicted molar refractivity (Wildman–Crippen MR) is 80.0 cm³/mol. The molecule has 0 aliphatic carbocycles. The second-order valence-electron chi connectivity index (χ2n) is 4.62. The number of hydrogen-bond acceptors (Lipinski definition) is 3. The summed E-state index contributed by atoms with van der Waals surface area (Å²) in [5.74, 6) is 1.24. The third-order valence-corrected chi connectivity index (χ3v) is 3.15. The van der Waals surface area contributed by atoms with Crippen molar-refractivity contribution in [3.8, 4) is 5.75 Å². The minimum atomic E-state index is -0.181. The molecule has 1 N–H and O–H groups in total. The molecule has 1 heterocycles. The summed E-state index contributed by atoms with van der Waals surface area (Å²) in [5, 5.41) is 4.83. The third-order valence-electron chi connectivity index (χ3n) is 3.15. The standard InChI is InChI=1S/C17H15NO3/c19-17(18-11-14-7-4-10-20-14)12-21-16-9-3-6-13-5-1-2-8-15(13)16/h1-10H,11-12H2,(H,18,19). The van der Waals surface area contributed by atoms with Crippen LogP contribution in [-0.2, 0) is 11.3 Å². The van der Waals surface area contributed by atoms with Crippen LogP contribution in [0.25, 0.3) is 10.8 Å². The van der Waals surface area contributed by atoms with Gasteiger partial charge in [-0.15, -0.1) is 0 Å². The van der Waals surface area contributed by atoms with Gasteiger partial charge in [-0.2, -0.15) is 0 Å². The van der Waals surface area contributed by atoms with Crippen LogP contribution < -0.4 is 10.1 Å². The van der Waals surface area contributed by atoms with Gasteiger partial charge >= 0.3 is 0 Å². The molecule has 0 radical (unpaired) electrons. The highest BCUT2D eigenvalue weighted by molar-refractivity contribution is 5.88. The molecule has 21 heavy (non-hydrogen) atoms. The minimum absolute atomic E-state index is 0.0191. The Hall–Kier alpha value is -2.75. The fraction of sp³-hybridized carbons (Fsp3) is 0.118. The van der Waals surface area contributed by atoms with Crippen molar-refractivity contribution in [1.29, 1.82) is 0 Å². The molecule has 0 saturated carbocycles. The van der Waals surface area contributed by atoms with E-state index in [0.717, 1.165) is 10.8 Å². The number of fused-ring (bicyclic) bond motifs is 1. The van der Waals surface area contributed by atoms with Gasteiger partial charge in [0.2, 0.25) is 0 Å². The van der Waals surface area contributed by atoms with E-state index >= 15 is 0 Å². The molecule has 0 atom stereocenters. The average Bonchev–Trinajstić information content (AvgIpc) is 3.04. The van der Waals surface area contributed by atoms with Crippen molar-refractivity contribution in [3.05, 3.63) is 66.6 Å². The summed E-state index contributed by atoms with van der Waals surface area (Å²) in [4.78, 5) is 11.8. The summed E-state index contributed by atoms with van der Waals surface area (Å²) >= 11 is 0. The molecule has 0 spiro atoms. The first-order valence-corrected chi connectivity index (χ1v) is 6.72. The van der Waals surface area contributed by atoms with Crippen LogP contribution in [0, 0.1) is 0 Å². The van der Waals surface area contributed by atoms with Crippen LogP contribution >= 0.6 is 0 Å². The highest BCUT2D eigenvalue weighted by Gasteiger charge is 2.06. The molecule has 2 aromatic carbocycles. The quantitative estimate of drug-likeness (QED) is 0.781. The number of benzene rings is 2. The smallest absolute Gasteiger partial charge is 0.258 e. The van der Waals surface area contributed by atoms with E-state index < -0.39 is 0 Å². The highest BCUT2D eigenvalue weighted by Crippen LogP contribution is 2.24. The Morgan fingerprint density at radius 3 is 2.76 bits per heavy atom. The van der Waals surface area contributed by atoms with Gasteiger partial charge < -0.3 is 14.5 Å². The maximum Gasteiger partial charge on any atom is 0.258 e. The molecule has 1 amide bonds. The Morgan fingerprint density at radius 2 is 1.90 bits per heavy atom. The Bertz CT molecular complexity index is 729. The average molecular weight is 281 g/mol. The molecule has 3 aromatic rings. The zero-order chi connectivity index (χ0) is 14.5. The van der Waals surface area contributed by atoms with E-state index in [-0.39, 0.29) is 12.5 Å². The Balaban J connectivity index is 1.60. The first-order valence-electron chi connectivity index (χ1n) is 6.72. The molecule has 106 valence electrons. The molecule has 0 aliphatic rings. The second-order valence-corrected chi connectivity index (χ2v) is 4.62. The van der Waals surface area contributed by atoms with E-state index in [9.17, 15) is 4.79 Å². The number of rotatable bonds is 5. The monoisotopic (exact) mass is 281 g/mol. The summed E-state index contributed by atoms with van der Waals surface area (Å²) in [7, 11) is 0. The Labute approximate surface area is 122 Å². The molecular weight excluding hydrogens is 266 g/mol. The van der Waals surface area contributed by atoms with Crippen LogP contribution in [0.15, 0.2) is 65.3 Å². The van der Waals surface area contributed by atoms with Crippen LogP contribution in [0.4, 0.5) is 0 Å². The summed E-state index contributed by atoms with van der Waals surface area (Å²) < 4.78 is 10.8. The maximum absolute atomic E-state index is 11.8. The fourth-order valence-electron chi connectivity index (χ4n) is 2.11. The van der Waals surface area contributed by atoms with Crippen LogP contribution in [0.3, 0.4) is 0 Å². The normalized spacial score (nSPS) is 10.5. The van der Waals surface area contributed by atoms with E-state index in [1.54, 1.807) is 12.3 Å². The molecule has 3 rings (SSSR count). The molecular formula is C17H15NO3. The largest absolute Gasteiger partial charge is 0.483 e. The molecule has 0 aliphatic heterocycles. The number of carbonyl (C=O) groups is 1. The van der Waals surface area contributed by atoms with Crippen molar-refractivity contribution in [3.63, 3.8) is 0 Å². The molecule has 0 fully saturated rings. The van der Waals surface area contributed by atoms with Gasteiger partial charge in [0, 0.05) is 5.39 Å². The topological polar surface area (TPSA) is 51.5 Å². The van der Waals surface area contributed by atoms with E-state index in [0.29, 0.717) is 18.1 Å². The van der Waals surface area contributed by atoms with Crippen LogP contribution in [0.5, 0.6) is 5.75 Å². The van der Waals surface area contributed by atoms with Crippen molar-refractivity contribution in [2.24, 2.45) is 0 Å². The van der Waals surface area contributed by atoms with Crippen molar-refractivity contribution in [2.45, 2.75) is 6.54 Å². The van der Waals surface area contributed by atoms with Crippen molar-refractivity contribution in [1.82, 2.24) is 5.32 Å². The number of nitrogens with one attached hydrogen (secondary N) is 1. The van der Waals surface area contributed by atoms with Gasteiger partial charge in [0.25, 0.3) is 5.91 Å². The SMILES string of the molecule is O=C(COc1cccc2ccccc12)NCc1ccco1. The number of furan rings is 1. The van der Waals surface area contributed by atoms with Crippen LogP contribution in [0.1, 0.15) is 5.76 Å². The minimum Gasteiger partial charge on any atom is -0.483 e. The van der Waals surface area contributed by atoms with Gasteiger partial charge in [0.05, 0.1) is 12.8 Å². The lowest BCUT2D eigenvalue weighted by molar-refractivity contribution is -0.123. The lowest BCUT2D eigenvalue weighted by atomic mass is 10.1. The van der Waals surface area contributed by atoms with Gasteiger partial charge in [0.15, 0.2) is 6.61 Å². The maximum atomic E-state index is 11.8. The molecule has 4 heteroatoms. The van der Waals surface area contributed by atoms with Crippen molar-refractivity contribution >= 4 is 16.7 Å². The number of amides is 1. The van der Waals surface area contributed by atoms with Gasteiger partial charge in [-0.1, -0.05) is 36.4 Å². The number of ether oxygens (including phenoxy) is 1. The lowest BCUT2D eigenvalue weighted by Gasteiger charge is -2.09. The molecule has 0 saturated heterocycles. The van der Waals surface area contributed by atoms with Gasteiger partial charge in [-0.25, -0.2) is 0 Å². The third kappa shape index (κ3) is 3.23. The van der Waals surface area contributed by atoms with Crippen molar-refractivity contribution in [2.75, 3.05) is 6.61 Å². The zero-order valence-corrected chi connectivity index (χ0v) is 11.4. The first-order chi connectivity index (χ1) is 10.3. The fourth-order valence-corrected chi connectivity index (χ4v) is 2.11. The Morgan fingerprint density at radius 1 is 1.05 bits per heavy atom. The number of hydrogen-bond donors (Lipinski definition) is 1. The van der Waals surface area contributed by atoms with Crippen LogP contribution in [0.2, 0.25) is 0 Å². The van der Waals surface area contributed by atoms with Gasteiger partial charge in [-0.3, -0.25) is 4.79 Å². The first kappa shape index (κ1) is 13.2. The predicted octanol–water partition coefficient (Wildman–Crippen LogP) is 3.13. The Kier molecular flexibility index (Phi) is 3.87. The van der Waals surface area contributed by atoms with Crippen molar-refractivity contribution < 1.29 is 13.9 Å². The summed E-state index contributed by atoms with van der Waals surface area (Å²) in [6.07, 6.45) is 1.58. The summed E-state index contributed by atoms with van der Waals surface area (Å²) in [6.45, 7) is 0.347. The molecule has 1 aromatic heterocycles. The van der Waals surface area contributed by atoms with E-state index in [4.69, 9.17) is 9.15 Å².